The van der Waals surface area contributed by atoms with Crippen molar-refractivity contribution in [3.63, 3.8) is 0 Å². The van der Waals surface area contributed by atoms with Gasteiger partial charge in [0.2, 0.25) is 5.91 Å². The minimum absolute atomic E-state index is 0.00834. The number of benzene rings is 1. The second-order valence-corrected chi connectivity index (χ2v) is 6.67. The van der Waals surface area contributed by atoms with E-state index in [2.05, 4.69) is 21.2 Å². The van der Waals surface area contributed by atoms with Crippen LogP contribution in [0, 0.1) is 0 Å². The molecule has 0 radical (unpaired) electrons. The highest BCUT2D eigenvalue weighted by Gasteiger charge is 2.16. The molecule has 0 saturated carbocycles. The van der Waals surface area contributed by atoms with Crippen LogP contribution in [0.5, 0.6) is 0 Å². The van der Waals surface area contributed by atoms with Crippen molar-refractivity contribution in [2.45, 2.75) is 17.9 Å². The number of ether oxygens (including phenoxy) is 1. The van der Waals surface area contributed by atoms with Gasteiger partial charge in [-0.1, -0.05) is 0 Å². The second-order valence-electron chi connectivity index (χ2n) is 4.36. The topological polar surface area (TPSA) is 92.7 Å². The summed E-state index contributed by atoms with van der Waals surface area (Å²) >= 11 is 3.11. The maximum Gasteiger partial charge on any atom is 0.336 e. The summed E-state index contributed by atoms with van der Waals surface area (Å²) in [7, 11) is -0.0821. The highest BCUT2D eigenvalue weighted by molar-refractivity contribution is 9.10. The van der Waals surface area contributed by atoms with Crippen LogP contribution in [0.1, 0.15) is 17.3 Å². The summed E-state index contributed by atoms with van der Waals surface area (Å²) in [6, 6.07) is 4.15. The second kappa shape index (κ2) is 8.26. The van der Waals surface area contributed by atoms with Crippen LogP contribution in [0.15, 0.2) is 27.6 Å². The van der Waals surface area contributed by atoms with E-state index < -0.39 is 16.8 Å². The molecule has 0 aliphatic carbocycles. The van der Waals surface area contributed by atoms with Crippen molar-refractivity contribution in [3.05, 3.63) is 28.2 Å². The van der Waals surface area contributed by atoms with Crippen molar-refractivity contribution < 1.29 is 23.6 Å². The Morgan fingerprint density at radius 1 is 1.48 bits per heavy atom. The third kappa shape index (κ3) is 5.56. The SMILES string of the molecule is COCC(C)NC(=O)CS(=O)c1ccc(Br)c(C(=O)O)c1. The molecule has 21 heavy (non-hydrogen) atoms. The molecule has 8 heteroatoms. The van der Waals surface area contributed by atoms with Crippen molar-refractivity contribution in [1.29, 1.82) is 0 Å². The molecule has 0 aliphatic rings. The van der Waals surface area contributed by atoms with Crippen molar-refractivity contribution in [2.75, 3.05) is 19.5 Å². The molecular weight excluding hydrogens is 362 g/mol. The van der Waals surface area contributed by atoms with Gasteiger partial charge in [0.1, 0.15) is 5.75 Å². The summed E-state index contributed by atoms with van der Waals surface area (Å²) in [4.78, 5) is 23.0. The lowest BCUT2D eigenvalue weighted by atomic mass is 10.2. The lowest BCUT2D eigenvalue weighted by Gasteiger charge is -2.12. The van der Waals surface area contributed by atoms with Crippen LogP contribution in [-0.2, 0) is 20.3 Å². The summed E-state index contributed by atoms with van der Waals surface area (Å²) < 4.78 is 17.4. The van der Waals surface area contributed by atoms with E-state index in [9.17, 15) is 13.8 Å². The van der Waals surface area contributed by atoms with Crippen molar-refractivity contribution >= 4 is 38.6 Å². The van der Waals surface area contributed by atoms with Gasteiger partial charge in [-0.15, -0.1) is 0 Å². The smallest absolute Gasteiger partial charge is 0.336 e. The molecule has 1 aromatic carbocycles. The molecule has 6 nitrogen and oxygen atoms in total. The zero-order valence-corrected chi connectivity index (χ0v) is 14.0. The number of amides is 1. The maximum absolute atomic E-state index is 12.1. The van der Waals surface area contributed by atoms with Crippen LogP contribution in [0.4, 0.5) is 0 Å². The van der Waals surface area contributed by atoms with Gasteiger partial charge < -0.3 is 15.2 Å². The number of hydrogen-bond acceptors (Lipinski definition) is 4. The molecule has 0 aromatic heterocycles. The molecule has 2 N–H and O–H groups in total. The van der Waals surface area contributed by atoms with E-state index in [0.717, 1.165) is 0 Å². The molecule has 1 amide bonds. The van der Waals surface area contributed by atoms with Gasteiger partial charge in [0.25, 0.3) is 0 Å². The molecule has 1 aromatic rings. The van der Waals surface area contributed by atoms with E-state index in [1.54, 1.807) is 6.92 Å². The summed E-state index contributed by atoms with van der Waals surface area (Å²) in [6.07, 6.45) is 0. The summed E-state index contributed by atoms with van der Waals surface area (Å²) in [5, 5.41) is 11.7. The van der Waals surface area contributed by atoms with E-state index in [0.29, 0.717) is 16.0 Å². The number of rotatable bonds is 7. The van der Waals surface area contributed by atoms with Crippen molar-refractivity contribution in [2.24, 2.45) is 0 Å². The van der Waals surface area contributed by atoms with Gasteiger partial charge in [-0.2, -0.15) is 0 Å². The number of methoxy groups -OCH3 is 1. The molecule has 116 valence electrons. The first-order valence-corrected chi connectivity index (χ1v) is 8.16. The van der Waals surface area contributed by atoms with E-state index in [4.69, 9.17) is 9.84 Å². The first kappa shape index (κ1) is 17.8. The number of nitrogens with one attached hydrogen (secondary N) is 1. The van der Waals surface area contributed by atoms with Crippen molar-refractivity contribution in [1.82, 2.24) is 5.32 Å². The highest BCUT2D eigenvalue weighted by atomic mass is 79.9. The molecule has 0 spiro atoms. The van der Waals surface area contributed by atoms with E-state index in [1.807, 2.05) is 0 Å². The van der Waals surface area contributed by atoms with Gasteiger partial charge in [0, 0.05) is 22.5 Å². The highest BCUT2D eigenvalue weighted by Crippen LogP contribution is 2.20. The van der Waals surface area contributed by atoms with Gasteiger partial charge >= 0.3 is 5.97 Å². The predicted octanol–water partition coefficient (Wildman–Crippen LogP) is 1.41. The van der Waals surface area contributed by atoms with Gasteiger partial charge in [-0.3, -0.25) is 9.00 Å². The van der Waals surface area contributed by atoms with Crippen LogP contribution in [0.2, 0.25) is 0 Å². The number of carboxylic acids is 1. The Hall–Kier alpha value is -1.25. The molecule has 0 fully saturated rings. The van der Waals surface area contributed by atoms with Crippen LogP contribution in [0.25, 0.3) is 0 Å². The first-order valence-electron chi connectivity index (χ1n) is 6.04. The average molecular weight is 378 g/mol. The lowest BCUT2D eigenvalue weighted by molar-refractivity contribution is -0.119. The molecule has 1 rings (SSSR count). The molecule has 0 bridgehead atoms. The largest absolute Gasteiger partial charge is 0.478 e. The maximum atomic E-state index is 12.1. The van der Waals surface area contributed by atoms with Crippen molar-refractivity contribution in [3.8, 4) is 0 Å². The monoisotopic (exact) mass is 377 g/mol. The summed E-state index contributed by atoms with van der Waals surface area (Å²) in [5.41, 5.74) is 0.00834. The van der Waals surface area contributed by atoms with Gasteiger partial charge in [-0.25, -0.2) is 4.79 Å². The first-order chi connectivity index (χ1) is 9.85. The number of halogens is 1. The fourth-order valence-corrected chi connectivity index (χ4v) is 2.99. The third-order valence-corrected chi connectivity index (χ3v) is 4.51. The molecular formula is C13H16BrNO5S. The molecule has 2 unspecified atom stereocenters. The Morgan fingerprint density at radius 3 is 2.71 bits per heavy atom. The number of carboxylic acid groups (broad SMARTS) is 1. The Morgan fingerprint density at radius 2 is 2.14 bits per heavy atom. The Balaban J connectivity index is 2.74. The zero-order chi connectivity index (χ0) is 16.0. The number of hydrogen-bond donors (Lipinski definition) is 2. The Labute approximate surface area is 133 Å². The normalized spacial score (nSPS) is 13.5. The number of carbonyl (C=O) groups is 2. The number of carbonyl (C=O) groups excluding carboxylic acids is 1. The van der Waals surface area contributed by atoms with Crippen LogP contribution in [-0.4, -0.2) is 46.7 Å². The number of aromatic carboxylic acids is 1. The third-order valence-electron chi connectivity index (χ3n) is 2.52. The van der Waals surface area contributed by atoms with Crippen LogP contribution in [0.3, 0.4) is 0 Å². The van der Waals surface area contributed by atoms with Crippen LogP contribution >= 0.6 is 15.9 Å². The van der Waals surface area contributed by atoms with Gasteiger partial charge in [0.15, 0.2) is 0 Å². The summed E-state index contributed by atoms with van der Waals surface area (Å²) in [5.74, 6) is -1.73. The minimum Gasteiger partial charge on any atom is -0.478 e. The molecule has 2 atom stereocenters. The molecule has 0 saturated heterocycles. The summed E-state index contributed by atoms with van der Waals surface area (Å²) in [6.45, 7) is 2.13. The van der Waals surface area contributed by atoms with E-state index in [1.165, 1.54) is 25.3 Å². The van der Waals surface area contributed by atoms with Gasteiger partial charge in [0.05, 0.1) is 23.0 Å². The Kier molecular flexibility index (Phi) is 7.00. The zero-order valence-electron chi connectivity index (χ0n) is 11.6. The minimum atomic E-state index is -1.61. The molecule has 0 aliphatic heterocycles. The van der Waals surface area contributed by atoms with E-state index >= 15 is 0 Å². The Bertz CT molecular complexity index is 563. The fraction of sp³-hybridized carbons (Fsp3) is 0.385. The van der Waals surface area contributed by atoms with Gasteiger partial charge in [-0.05, 0) is 41.1 Å². The standard InChI is InChI=1S/C13H16BrNO5S/c1-8(6-20-2)15-12(16)7-21(19)9-3-4-11(14)10(5-9)13(17)18/h3-5,8H,6-7H2,1-2H3,(H,15,16)(H,17,18). The van der Waals surface area contributed by atoms with E-state index in [-0.39, 0.29) is 23.3 Å². The molecule has 0 heterocycles. The van der Waals surface area contributed by atoms with Crippen LogP contribution < -0.4 is 5.32 Å². The lowest BCUT2D eigenvalue weighted by Crippen LogP contribution is -2.38. The average Bonchev–Trinajstić information content (AvgIpc) is 2.38. The predicted molar refractivity (Wildman–Crippen MR) is 81.9 cm³/mol. The quantitative estimate of drug-likeness (QED) is 0.749. The fourth-order valence-electron chi connectivity index (χ4n) is 1.62.